The van der Waals surface area contributed by atoms with Crippen molar-refractivity contribution < 1.29 is 14.3 Å². The topological polar surface area (TPSA) is 71.5 Å². The number of hydrogen-bond acceptors (Lipinski definition) is 4. The van der Waals surface area contributed by atoms with Gasteiger partial charge in [0.1, 0.15) is 5.75 Å². The Kier molecular flexibility index (Phi) is 5.28. The number of carbonyl (C=O) groups excluding carboxylic acids is 2. The molecular formula is C19H21N3O3. The highest BCUT2D eigenvalue weighted by molar-refractivity contribution is 5.95. The van der Waals surface area contributed by atoms with Crippen molar-refractivity contribution >= 4 is 17.5 Å². The SMILES string of the molecule is CC(NC(=O)COc1cccc(N2CCCC2=O)c1)c1ccncc1. The first-order chi connectivity index (χ1) is 12.1. The van der Waals surface area contributed by atoms with Crippen molar-refractivity contribution in [3.63, 3.8) is 0 Å². The third kappa shape index (κ3) is 4.35. The zero-order valence-corrected chi connectivity index (χ0v) is 14.1. The summed E-state index contributed by atoms with van der Waals surface area (Å²) < 4.78 is 5.58. The minimum absolute atomic E-state index is 0.0766. The molecule has 1 aromatic carbocycles. The van der Waals surface area contributed by atoms with E-state index in [9.17, 15) is 9.59 Å². The van der Waals surface area contributed by atoms with Gasteiger partial charge in [-0.05, 0) is 43.2 Å². The molecule has 2 heterocycles. The van der Waals surface area contributed by atoms with E-state index in [1.165, 1.54) is 0 Å². The lowest BCUT2D eigenvalue weighted by atomic mass is 10.1. The molecule has 2 aromatic rings. The van der Waals surface area contributed by atoms with Crippen LogP contribution in [0, 0.1) is 0 Å². The number of aromatic nitrogens is 1. The van der Waals surface area contributed by atoms with Gasteiger partial charge in [-0.2, -0.15) is 0 Å². The first-order valence-corrected chi connectivity index (χ1v) is 8.36. The Hall–Kier alpha value is -2.89. The van der Waals surface area contributed by atoms with Gasteiger partial charge in [-0.3, -0.25) is 14.6 Å². The van der Waals surface area contributed by atoms with Crippen LogP contribution in [0.2, 0.25) is 0 Å². The molecule has 6 nitrogen and oxygen atoms in total. The lowest BCUT2D eigenvalue weighted by Gasteiger charge is -2.17. The van der Waals surface area contributed by atoms with Crippen LogP contribution in [-0.4, -0.2) is 29.9 Å². The van der Waals surface area contributed by atoms with Gasteiger partial charge < -0.3 is 15.0 Å². The van der Waals surface area contributed by atoms with Crippen molar-refractivity contribution in [2.45, 2.75) is 25.8 Å². The van der Waals surface area contributed by atoms with Crippen molar-refractivity contribution in [1.82, 2.24) is 10.3 Å². The molecule has 3 rings (SSSR count). The second-order valence-corrected chi connectivity index (χ2v) is 6.00. The van der Waals surface area contributed by atoms with E-state index in [-0.39, 0.29) is 24.5 Å². The molecule has 0 aliphatic carbocycles. The van der Waals surface area contributed by atoms with Gasteiger partial charge in [-0.15, -0.1) is 0 Å². The van der Waals surface area contributed by atoms with E-state index < -0.39 is 0 Å². The molecule has 1 aromatic heterocycles. The van der Waals surface area contributed by atoms with Gasteiger partial charge in [0.05, 0.1) is 6.04 Å². The van der Waals surface area contributed by atoms with Crippen LogP contribution in [0.25, 0.3) is 0 Å². The average Bonchev–Trinajstić information content (AvgIpc) is 3.07. The summed E-state index contributed by atoms with van der Waals surface area (Å²) in [6.07, 6.45) is 4.85. The number of pyridine rings is 1. The molecule has 1 saturated heterocycles. The normalized spacial score (nSPS) is 15.1. The maximum absolute atomic E-state index is 12.1. The summed E-state index contributed by atoms with van der Waals surface area (Å²) in [6.45, 7) is 2.56. The molecule has 0 saturated carbocycles. The Morgan fingerprint density at radius 1 is 1.32 bits per heavy atom. The Bertz CT molecular complexity index is 749. The second-order valence-electron chi connectivity index (χ2n) is 6.00. The standard InChI is InChI=1S/C19H21N3O3/c1-14(15-7-9-20-10-8-15)21-18(23)13-25-17-5-2-4-16(12-17)22-11-3-6-19(22)24/h2,4-5,7-10,12,14H,3,6,11,13H2,1H3,(H,21,23). The van der Waals surface area contributed by atoms with Crippen LogP contribution in [0.3, 0.4) is 0 Å². The largest absolute Gasteiger partial charge is 0.484 e. The molecule has 0 spiro atoms. The summed E-state index contributed by atoms with van der Waals surface area (Å²) in [7, 11) is 0. The molecule has 0 bridgehead atoms. The molecule has 1 atom stereocenters. The third-order valence-corrected chi connectivity index (χ3v) is 4.16. The highest BCUT2D eigenvalue weighted by atomic mass is 16.5. The van der Waals surface area contributed by atoms with E-state index >= 15 is 0 Å². The van der Waals surface area contributed by atoms with Crippen molar-refractivity contribution in [2.24, 2.45) is 0 Å². The lowest BCUT2D eigenvalue weighted by Crippen LogP contribution is -2.31. The fraction of sp³-hybridized carbons (Fsp3) is 0.316. The number of hydrogen-bond donors (Lipinski definition) is 1. The van der Waals surface area contributed by atoms with E-state index in [4.69, 9.17) is 4.74 Å². The van der Waals surface area contributed by atoms with E-state index in [0.717, 1.165) is 24.2 Å². The zero-order valence-electron chi connectivity index (χ0n) is 14.1. The molecule has 0 radical (unpaired) electrons. The van der Waals surface area contributed by atoms with Crippen molar-refractivity contribution in [1.29, 1.82) is 0 Å². The number of nitrogens with zero attached hydrogens (tertiary/aromatic N) is 2. The highest BCUT2D eigenvalue weighted by Crippen LogP contribution is 2.25. The molecule has 1 N–H and O–H groups in total. The third-order valence-electron chi connectivity index (χ3n) is 4.16. The molecule has 130 valence electrons. The number of ether oxygens (including phenoxy) is 1. The molecule has 6 heteroatoms. The maximum atomic E-state index is 12.1. The summed E-state index contributed by atoms with van der Waals surface area (Å²) in [6, 6.07) is 10.9. The van der Waals surface area contributed by atoms with E-state index in [1.807, 2.05) is 31.2 Å². The highest BCUT2D eigenvalue weighted by Gasteiger charge is 2.21. The number of anilines is 1. The Balaban J connectivity index is 1.54. The number of benzene rings is 1. The van der Waals surface area contributed by atoms with Crippen LogP contribution in [-0.2, 0) is 9.59 Å². The van der Waals surface area contributed by atoms with Crippen molar-refractivity contribution in [2.75, 3.05) is 18.1 Å². The first kappa shape index (κ1) is 17.0. The van der Waals surface area contributed by atoms with E-state index in [1.54, 1.807) is 29.4 Å². The minimum Gasteiger partial charge on any atom is -0.484 e. The number of nitrogens with one attached hydrogen (secondary N) is 1. The van der Waals surface area contributed by atoms with Crippen LogP contribution >= 0.6 is 0 Å². The van der Waals surface area contributed by atoms with Crippen LogP contribution in [0.4, 0.5) is 5.69 Å². The average molecular weight is 339 g/mol. The second kappa shape index (κ2) is 7.79. The van der Waals surface area contributed by atoms with Crippen molar-refractivity contribution in [3.8, 4) is 5.75 Å². The molecule has 1 unspecified atom stereocenters. The van der Waals surface area contributed by atoms with Crippen LogP contribution < -0.4 is 15.0 Å². The monoisotopic (exact) mass is 339 g/mol. The zero-order chi connectivity index (χ0) is 17.6. The molecule has 25 heavy (non-hydrogen) atoms. The van der Waals surface area contributed by atoms with Crippen molar-refractivity contribution in [3.05, 3.63) is 54.4 Å². The molecular weight excluding hydrogens is 318 g/mol. The Labute approximate surface area is 146 Å². The summed E-state index contributed by atoms with van der Waals surface area (Å²) in [5.41, 5.74) is 1.79. The van der Waals surface area contributed by atoms with Crippen LogP contribution in [0.1, 0.15) is 31.4 Å². The van der Waals surface area contributed by atoms with Gasteiger partial charge in [0.2, 0.25) is 5.91 Å². The smallest absolute Gasteiger partial charge is 0.258 e. The van der Waals surface area contributed by atoms with Gasteiger partial charge in [0.25, 0.3) is 5.91 Å². The Morgan fingerprint density at radius 3 is 2.84 bits per heavy atom. The minimum atomic E-state index is -0.202. The van der Waals surface area contributed by atoms with E-state index in [0.29, 0.717) is 12.2 Å². The molecule has 1 aliphatic rings. The number of amides is 2. The summed E-state index contributed by atoms with van der Waals surface area (Å²) in [4.78, 5) is 29.6. The molecule has 2 amide bonds. The quantitative estimate of drug-likeness (QED) is 0.877. The summed E-state index contributed by atoms with van der Waals surface area (Å²) >= 11 is 0. The van der Waals surface area contributed by atoms with Crippen LogP contribution in [0.5, 0.6) is 5.75 Å². The predicted octanol–water partition coefficient (Wildman–Crippen LogP) is 2.46. The fourth-order valence-corrected chi connectivity index (χ4v) is 2.83. The van der Waals surface area contributed by atoms with Gasteiger partial charge in [0, 0.05) is 37.1 Å². The Morgan fingerprint density at radius 2 is 2.12 bits per heavy atom. The predicted molar refractivity (Wildman–Crippen MR) is 94.3 cm³/mol. The summed E-state index contributed by atoms with van der Waals surface area (Å²) in [5, 5.41) is 2.89. The van der Waals surface area contributed by atoms with Gasteiger partial charge >= 0.3 is 0 Å². The first-order valence-electron chi connectivity index (χ1n) is 8.36. The number of rotatable bonds is 6. The maximum Gasteiger partial charge on any atom is 0.258 e. The fourth-order valence-electron chi connectivity index (χ4n) is 2.83. The lowest BCUT2D eigenvalue weighted by molar-refractivity contribution is -0.123. The summed E-state index contributed by atoms with van der Waals surface area (Å²) in [5.74, 6) is 0.497. The molecule has 1 fully saturated rings. The molecule has 1 aliphatic heterocycles. The number of carbonyl (C=O) groups is 2. The van der Waals surface area contributed by atoms with Gasteiger partial charge in [-0.1, -0.05) is 6.07 Å². The van der Waals surface area contributed by atoms with Gasteiger partial charge in [-0.25, -0.2) is 0 Å². The van der Waals surface area contributed by atoms with E-state index in [2.05, 4.69) is 10.3 Å². The van der Waals surface area contributed by atoms with Crippen LogP contribution in [0.15, 0.2) is 48.8 Å². The van der Waals surface area contributed by atoms with Gasteiger partial charge in [0.15, 0.2) is 6.61 Å².